The number of aldehydes is 1. The van der Waals surface area contributed by atoms with Gasteiger partial charge in [0.2, 0.25) is 0 Å². The Morgan fingerprint density at radius 1 is 1.19 bits per heavy atom. The molecule has 1 amide bonds. The third kappa shape index (κ3) is 6.81. The first kappa shape index (κ1) is 30.6. The Kier molecular flexibility index (Phi) is 10.1. The van der Waals surface area contributed by atoms with E-state index in [2.05, 4.69) is 5.32 Å². The van der Waals surface area contributed by atoms with Crippen molar-refractivity contribution in [3.63, 3.8) is 0 Å². The molecular formula is C26H43N5O5S. The Morgan fingerprint density at radius 3 is 2.41 bits per heavy atom. The van der Waals surface area contributed by atoms with Crippen molar-refractivity contribution < 1.29 is 22.7 Å². The normalized spacial score (nSPS) is 16.2. The minimum Gasteiger partial charge on any atom is -0.487 e. The van der Waals surface area contributed by atoms with Crippen molar-refractivity contribution in [2.45, 2.75) is 109 Å². The summed E-state index contributed by atoms with van der Waals surface area (Å²) in [5.41, 5.74) is 13.6. The first-order valence-corrected chi connectivity index (χ1v) is 14.3. The third-order valence-electron chi connectivity index (χ3n) is 7.04. The molecule has 2 rings (SSSR count). The molecule has 0 bridgehead atoms. The molecule has 0 spiro atoms. The topological polar surface area (TPSA) is 169 Å². The summed E-state index contributed by atoms with van der Waals surface area (Å²) in [5, 5.41) is 9.87. The average Bonchev–Trinajstić information content (AvgIpc) is 2.81. The van der Waals surface area contributed by atoms with Crippen LogP contribution in [-0.4, -0.2) is 55.1 Å². The lowest BCUT2D eigenvalue weighted by atomic mass is 9.88. The van der Waals surface area contributed by atoms with E-state index in [1.54, 1.807) is 13.8 Å². The van der Waals surface area contributed by atoms with Crippen LogP contribution in [0.2, 0.25) is 0 Å². The number of sulfonamides is 1. The number of ether oxygens (including phenoxy) is 1. The molecule has 208 valence electrons. The standard InChI is InChI=1S/C26H43N5O5S/c1-7-8-10-19(15-32)31(24(33)21(27)11-9-14-30-25(28)29)37(34,35)23-17(3)16(2)22-20(18(23)4)12-13-26(5,6)36-22/h15,19,21H,7-14,27H2,1-6H3,(H4,28,29,30)/t19-,21-/m0/s1. The highest BCUT2D eigenvalue weighted by Gasteiger charge is 2.41. The molecule has 10 nitrogen and oxygen atoms in total. The van der Waals surface area contributed by atoms with E-state index in [0.29, 0.717) is 58.8 Å². The minimum atomic E-state index is -4.43. The van der Waals surface area contributed by atoms with E-state index < -0.39 is 28.0 Å². The lowest BCUT2D eigenvalue weighted by Crippen LogP contribution is -2.52. The van der Waals surface area contributed by atoms with Gasteiger partial charge >= 0.3 is 0 Å². The fraction of sp³-hybridized carbons (Fsp3) is 0.654. The maximum Gasteiger partial charge on any atom is 0.267 e. The molecule has 1 aliphatic heterocycles. The summed E-state index contributed by atoms with van der Waals surface area (Å²) in [4.78, 5) is 25.8. The summed E-state index contributed by atoms with van der Waals surface area (Å²) < 4.78 is 35.5. The van der Waals surface area contributed by atoms with Crippen molar-refractivity contribution in [2.75, 3.05) is 6.54 Å². The average molecular weight is 538 g/mol. The molecule has 0 fully saturated rings. The van der Waals surface area contributed by atoms with Gasteiger partial charge < -0.3 is 26.3 Å². The molecule has 0 aromatic heterocycles. The van der Waals surface area contributed by atoms with Crippen molar-refractivity contribution in [2.24, 2.45) is 11.5 Å². The van der Waals surface area contributed by atoms with Gasteiger partial charge in [0.15, 0.2) is 5.96 Å². The van der Waals surface area contributed by atoms with Crippen LogP contribution in [-0.2, 0) is 26.0 Å². The number of nitrogens with one attached hydrogen (secondary N) is 2. The van der Waals surface area contributed by atoms with Crippen molar-refractivity contribution in [1.29, 1.82) is 5.41 Å². The summed E-state index contributed by atoms with van der Waals surface area (Å²) in [6, 6.07) is -2.31. The number of benzene rings is 1. The van der Waals surface area contributed by atoms with Gasteiger partial charge in [-0.2, -0.15) is 0 Å². The largest absolute Gasteiger partial charge is 0.487 e. The second-order valence-corrected chi connectivity index (χ2v) is 12.2. The van der Waals surface area contributed by atoms with Crippen molar-refractivity contribution in [3.8, 4) is 5.75 Å². The molecule has 0 radical (unpaired) electrons. The zero-order valence-electron chi connectivity index (χ0n) is 22.9. The molecule has 1 aliphatic rings. The number of amides is 1. The zero-order valence-corrected chi connectivity index (χ0v) is 23.8. The van der Waals surface area contributed by atoms with E-state index in [9.17, 15) is 18.0 Å². The van der Waals surface area contributed by atoms with E-state index in [1.165, 1.54) is 0 Å². The predicted molar refractivity (Wildman–Crippen MR) is 144 cm³/mol. The number of unbranched alkanes of at least 4 members (excludes halogenated alkanes) is 1. The smallest absolute Gasteiger partial charge is 0.267 e. The number of fused-ring (bicyclic) bond motifs is 1. The molecule has 0 unspecified atom stereocenters. The fourth-order valence-electron chi connectivity index (χ4n) is 4.78. The molecule has 2 atom stereocenters. The number of guanidine groups is 1. The highest BCUT2D eigenvalue weighted by molar-refractivity contribution is 7.89. The van der Waals surface area contributed by atoms with Crippen LogP contribution in [0.3, 0.4) is 0 Å². The Labute approximate surface area is 221 Å². The summed E-state index contributed by atoms with van der Waals surface area (Å²) in [6.07, 6.45) is 3.96. The SMILES string of the molecule is CCCC[C@@H](C=O)N(C(=O)[C@@H](N)CCCNC(=N)N)S(=O)(=O)c1c(C)c(C)c2c(c1C)CCC(C)(C)O2. The van der Waals surface area contributed by atoms with Gasteiger partial charge in [-0.05, 0) is 89.0 Å². The number of nitrogens with two attached hydrogens (primary N) is 2. The van der Waals surface area contributed by atoms with Crippen LogP contribution in [0.25, 0.3) is 0 Å². The number of carbonyl (C=O) groups excluding carboxylic acids is 2. The lowest BCUT2D eigenvalue weighted by molar-refractivity contribution is -0.132. The van der Waals surface area contributed by atoms with Gasteiger partial charge in [-0.15, -0.1) is 0 Å². The summed E-state index contributed by atoms with van der Waals surface area (Å²) in [7, 11) is -4.43. The third-order valence-corrected chi connectivity index (χ3v) is 9.13. The van der Waals surface area contributed by atoms with Gasteiger partial charge in [0.05, 0.1) is 10.9 Å². The summed E-state index contributed by atoms with van der Waals surface area (Å²) in [6.45, 7) is 11.5. The molecule has 11 heteroatoms. The Morgan fingerprint density at radius 2 is 1.84 bits per heavy atom. The molecular weight excluding hydrogens is 494 g/mol. The van der Waals surface area contributed by atoms with Gasteiger partial charge in [0, 0.05) is 6.54 Å². The molecule has 1 aromatic carbocycles. The van der Waals surface area contributed by atoms with Crippen LogP contribution in [0.4, 0.5) is 0 Å². The lowest BCUT2D eigenvalue weighted by Gasteiger charge is -2.37. The van der Waals surface area contributed by atoms with E-state index in [1.807, 2.05) is 27.7 Å². The highest BCUT2D eigenvalue weighted by atomic mass is 32.2. The first-order valence-electron chi connectivity index (χ1n) is 12.9. The molecule has 0 aliphatic carbocycles. The molecule has 0 saturated heterocycles. The fourth-order valence-corrected chi connectivity index (χ4v) is 6.91. The monoisotopic (exact) mass is 537 g/mol. The van der Waals surface area contributed by atoms with E-state index in [4.69, 9.17) is 21.6 Å². The van der Waals surface area contributed by atoms with Crippen molar-refractivity contribution >= 4 is 28.2 Å². The van der Waals surface area contributed by atoms with Gasteiger partial charge in [-0.1, -0.05) is 19.8 Å². The molecule has 0 saturated carbocycles. The van der Waals surface area contributed by atoms with Gasteiger partial charge in [0.25, 0.3) is 15.9 Å². The number of carbonyl (C=O) groups is 2. The number of nitrogens with zero attached hydrogens (tertiary/aromatic N) is 1. The minimum absolute atomic E-state index is 0.0363. The molecule has 37 heavy (non-hydrogen) atoms. The molecule has 1 heterocycles. The molecule has 1 aromatic rings. The van der Waals surface area contributed by atoms with Crippen molar-refractivity contribution in [3.05, 3.63) is 22.3 Å². The van der Waals surface area contributed by atoms with E-state index >= 15 is 0 Å². The second-order valence-electron chi connectivity index (χ2n) is 10.4. The maximum absolute atomic E-state index is 14.3. The maximum atomic E-state index is 14.3. The zero-order chi connectivity index (χ0) is 28.1. The Hall–Kier alpha value is -2.66. The Bertz CT molecular complexity index is 1130. The quantitative estimate of drug-likeness (QED) is 0.136. The van der Waals surface area contributed by atoms with E-state index in [0.717, 1.165) is 18.4 Å². The highest BCUT2D eigenvalue weighted by Crippen LogP contribution is 2.43. The van der Waals surface area contributed by atoms with E-state index in [-0.39, 0.29) is 29.3 Å². The number of hydrogen-bond donors (Lipinski definition) is 4. The second kappa shape index (κ2) is 12.3. The van der Waals surface area contributed by atoms with Crippen LogP contribution in [0.5, 0.6) is 5.75 Å². The summed E-state index contributed by atoms with van der Waals surface area (Å²) in [5.74, 6) is -0.330. The van der Waals surface area contributed by atoms with Crippen LogP contribution in [0.1, 0.15) is 81.5 Å². The molecule has 6 N–H and O–H groups in total. The number of rotatable bonds is 12. The predicted octanol–water partition coefficient (Wildman–Crippen LogP) is 2.58. The summed E-state index contributed by atoms with van der Waals surface area (Å²) >= 11 is 0. The van der Waals surface area contributed by atoms with Crippen LogP contribution in [0.15, 0.2) is 4.90 Å². The van der Waals surface area contributed by atoms with Crippen LogP contribution < -0.4 is 21.5 Å². The van der Waals surface area contributed by atoms with Crippen LogP contribution >= 0.6 is 0 Å². The Balaban J connectivity index is 2.59. The number of hydrogen-bond acceptors (Lipinski definition) is 7. The van der Waals surface area contributed by atoms with Gasteiger partial charge in [0.1, 0.15) is 23.7 Å². The first-order chi connectivity index (χ1) is 17.2. The van der Waals surface area contributed by atoms with Crippen molar-refractivity contribution in [1.82, 2.24) is 9.62 Å². The van der Waals surface area contributed by atoms with Gasteiger partial charge in [-0.25, -0.2) is 12.7 Å². The van der Waals surface area contributed by atoms with Gasteiger partial charge in [-0.3, -0.25) is 10.2 Å². The van der Waals surface area contributed by atoms with Crippen LogP contribution in [0, 0.1) is 26.2 Å².